The zero-order chi connectivity index (χ0) is 33.0. The highest BCUT2D eigenvalue weighted by atomic mass is 15.0. The van der Waals surface area contributed by atoms with Crippen LogP contribution in [0.25, 0.3) is 88.4 Å². The van der Waals surface area contributed by atoms with Gasteiger partial charge in [-0.1, -0.05) is 97.1 Å². The summed E-state index contributed by atoms with van der Waals surface area (Å²) < 4.78 is 4.70. The normalized spacial score (nSPS) is 11.6. The first-order valence-corrected chi connectivity index (χ1v) is 16.9. The predicted molar refractivity (Wildman–Crippen MR) is 207 cm³/mol. The average Bonchev–Trinajstić information content (AvgIpc) is 3.71. The Morgan fingerprint density at radius 2 is 0.620 bits per heavy atom. The van der Waals surface area contributed by atoms with Gasteiger partial charge in [-0.15, -0.1) is 0 Å². The van der Waals surface area contributed by atoms with E-state index in [-0.39, 0.29) is 0 Å². The van der Waals surface area contributed by atoms with E-state index in [1.807, 2.05) is 24.8 Å². The third-order valence-corrected chi connectivity index (χ3v) is 9.97. The van der Waals surface area contributed by atoms with E-state index in [9.17, 15) is 0 Å². The molecule has 0 N–H and O–H groups in total. The molecule has 50 heavy (non-hydrogen) atoms. The molecule has 0 atom stereocenters. The molecular formula is C46H30N4. The van der Waals surface area contributed by atoms with Crippen molar-refractivity contribution in [1.29, 1.82) is 0 Å². The van der Waals surface area contributed by atoms with Gasteiger partial charge in [-0.25, -0.2) is 0 Å². The molecule has 0 saturated carbocycles. The second-order valence-electron chi connectivity index (χ2n) is 12.7. The smallest absolute Gasteiger partial charge is 0.0541 e. The van der Waals surface area contributed by atoms with Gasteiger partial charge in [0.15, 0.2) is 0 Å². The van der Waals surface area contributed by atoms with Crippen LogP contribution >= 0.6 is 0 Å². The van der Waals surface area contributed by atoms with Crippen LogP contribution in [0.4, 0.5) is 0 Å². The quantitative estimate of drug-likeness (QED) is 0.188. The summed E-state index contributed by atoms with van der Waals surface area (Å²) in [5, 5.41) is 5.04. The van der Waals surface area contributed by atoms with Crippen molar-refractivity contribution in [2.45, 2.75) is 0 Å². The summed E-state index contributed by atoms with van der Waals surface area (Å²) in [6.07, 6.45) is 7.70. The number of hydrogen-bond donors (Lipinski definition) is 0. The number of para-hydroxylation sites is 4. The highest BCUT2D eigenvalue weighted by Crippen LogP contribution is 2.39. The number of hydrogen-bond acceptors (Lipinski definition) is 2. The Hall–Kier alpha value is -6.78. The molecule has 0 fully saturated rings. The molecule has 10 rings (SSSR count). The minimum Gasteiger partial charge on any atom is -0.309 e. The molecule has 10 aromatic rings. The number of nitrogens with zero attached hydrogens (tertiary/aromatic N) is 4. The maximum atomic E-state index is 4.57. The van der Waals surface area contributed by atoms with Gasteiger partial charge >= 0.3 is 0 Å². The highest BCUT2D eigenvalue weighted by molar-refractivity contribution is 6.10. The molecule has 6 aromatic carbocycles. The van der Waals surface area contributed by atoms with Crippen molar-refractivity contribution < 1.29 is 0 Å². The van der Waals surface area contributed by atoms with Crippen LogP contribution < -0.4 is 0 Å². The summed E-state index contributed by atoms with van der Waals surface area (Å²) in [4.78, 5) is 9.14. The van der Waals surface area contributed by atoms with Gasteiger partial charge in [0.05, 0.1) is 22.1 Å². The maximum Gasteiger partial charge on any atom is 0.0541 e. The lowest BCUT2D eigenvalue weighted by atomic mass is 9.91. The van der Waals surface area contributed by atoms with Crippen molar-refractivity contribution in [3.63, 3.8) is 0 Å². The molecule has 0 unspecified atom stereocenters. The van der Waals surface area contributed by atoms with Crippen molar-refractivity contribution in [2.24, 2.45) is 0 Å². The van der Waals surface area contributed by atoms with E-state index in [1.54, 1.807) is 0 Å². The number of pyridine rings is 2. The molecule has 0 amide bonds. The summed E-state index contributed by atoms with van der Waals surface area (Å²) in [5.41, 5.74) is 13.7. The van der Waals surface area contributed by atoms with Crippen molar-refractivity contribution in [1.82, 2.24) is 19.1 Å². The van der Waals surface area contributed by atoms with Gasteiger partial charge in [0.1, 0.15) is 0 Å². The van der Waals surface area contributed by atoms with E-state index in [0.717, 1.165) is 44.8 Å². The van der Waals surface area contributed by atoms with Gasteiger partial charge in [-0.3, -0.25) is 9.97 Å². The zero-order valence-corrected chi connectivity index (χ0v) is 27.1. The first-order valence-electron chi connectivity index (χ1n) is 16.9. The van der Waals surface area contributed by atoms with Gasteiger partial charge in [0, 0.05) is 68.8 Å². The van der Waals surface area contributed by atoms with Crippen LogP contribution in [0.15, 0.2) is 183 Å². The molecule has 0 saturated heterocycles. The van der Waals surface area contributed by atoms with E-state index in [2.05, 4.69) is 177 Å². The number of aromatic nitrogens is 4. The maximum absolute atomic E-state index is 4.57. The fourth-order valence-corrected chi connectivity index (χ4v) is 7.70. The standard InChI is InChI=1S/C46H30N4/c1-5-13-43-37(9-1)38-10-2-6-14-44(38)49(43)33-21-17-31(18-22-33)41-29-47-27-25-35(41)36-26-28-48-30-42(36)32-19-23-34(24-20-32)50-45-15-7-3-11-39(45)40-12-4-8-16-46(40)50/h1-30H. The third kappa shape index (κ3) is 4.39. The molecule has 4 aromatic heterocycles. The van der Waals surface area contributed by atoms with Crippen LogP contribution in [0.3, 0.4) is 0 Å². The van der Waals surface area contributed by atoms with Crippen LogP contribution in [0.2, 0.25) is 0 Å². The Morgan fingerprint density at radius 3 is 0.960 bits per heavy atom. The van der Waals surface area contributed by atoms with Crippen molar-refractivity contribution >= 4 is 43.6 Å². The van der Waals surface area contributed by atoms with Crippen molar-refractivity contribution in [2.75, 3.05) is 0 Å². The second-order valence-corrected chi connectivity index (χ2v) is 12.7. The van der Waals surface area contributed by atoms with Gasteiger partial charge < -0.3 is 9.13 Å². The summed E-state index contributed by atoms with van der Waals surface area (Å²) in [6, 6.07) is 56.4. The molecule has 4 heterocycles. The van der Waals surface area contributed by atoms with E-state index >= 15 is 0 Å². The molecule has 234 valence electrons. The lowest BCUT2D eigenvalue weighted by molar-refractivity contribution is 1.18. The molecule has 0 aliphatic rings. The fraction of sp³-hybridized carbons (Fsp3) is 0. The molecular weight excluding hydrogens is 609 g/mol. The summed E-state index contributed by atoms with van der Waals surface area (Å²) >= 11 is 0. The van der Waals surface area contributed by atoms with E-state index in [1.165, 1.54) is 43.6 Å². The van der Waals surface area contributed by atoms with E-state index in [0.29, 0.717) is 0 Å². The summed E-state index contributed by atoms with van der Waals surface area (Å²) in [7, 11) is 0. The van der Waals surface area contributed by atoms with Crippen LogP contribution in [0.5, 0.6) is 0 Å². The Labute approximate surface area is 289 Å². The number of fused-ring (bicyclic) bond motifs is 6. The molecule has 4 heteroatoms. The molecule has 4 nitrogen and oxygen atoms in total. The highest BCUT2D eigenvalue weighted by Gasteiger charge is 2.16. The Morgan fingerprint density at radius 1 is 0.300 bits per heavy atom. The van der Waals surface area contributed by atoms with Gasteiger partial charge in [-0.2, -0.15) is 0 Å². The van der Waals surface area contributed by atoms with E-state index in [4.69, 9.17) is 0 Å². The zero-order valence-electron chi connectivity index (χ0n) is 27.1. The van der Waals surface area contributed by atoms with Crippen molar-refractivity contribution in [3.05, 3.63) is 183 Å². The Kier molecular flexibility index (Phi) is 6.46. The van der Waals surface area contributed by atoms with Crippen LogP contribution in [-0.2, 0) is 0 Å². The molecule has 0 spiro atoms. The monoisotopic (exact) mass is 638 g/mol. The van der Waals surface area contributed by atoms with Crippen LogP contribution in [0.1, 0.15) is 0 Å². The molecule has 0 aliphatic heterocycles. The minimum atomic E-state index is 1.08. The minimum absolute atomic E-state index is 1.08. The fourth-order valence-electron chi connectivity index (χ4n) is 7.70. The average molecular weight is 639 g/mol. The summed E-state index contributed by atoms with van der Waals surface area (Å²) in [5.74, 6) is 0. The van der Waals surface area contributed by atoms with E-state index < -0.39 is 0 Å². The Balaban J connectivity index is 1.04. The first-order chi connectivity index (χ1) is 24.8. The number of benzene rings is 6. The Bertz CT molecular complexity index is 2550. The van der Waals surface area contributed by atoms with Crippen molar-refractivity contribution in [3.8, 4) is 44.8 Å². The first kappa shape index (κ1) is 28.3. The summed E-state index contributed by atoms with van der Waals surface area (Å²) in [6.45, 7) is 0. The molecule has 0 bridgehead atoms. The van der Waals surface area contributed by atoms with Gasteiger partial charge in [-0.05, 0) is 82.9 Å². The van der Waals surface area contributed by atoms with Crippen LogP contribution in [-0.4, -0.2) is 19.1 Å². The van der Waals surface area contributed by atoms with Gasteiger partial charge in [0.2, 0.25) is 0 Å². The third-order valence-electron chi connectivity index (χ3n) is 9.97. The van der Waals surface area contributed by atoms with Gasteiger partial charge in [0.25, 0.3) is 0 Å². The predicted octanol–water partition coefficient (Wildman–Crippen LogP) is 11.7. The molecule has 0 aliphatic carbocycles. The topological polar surface area (TPSA) is 35.6 Å². The lowest BCUT2D eigenvalue weighted by Crippen LogP contribution is -1.95. The second kappa shape index (κ2) is 11.4. The molecule has 0 radical (unpaired) electrons. The number of rotatable bonds is 5. The lowest BCUT2D eigenvalue weighted by Gasteiger charge is -2.15. The van der Waals surface area contributed by atoms with Crippen LogP contribution in [0, 0.1) is 0 Å². The largest absolute Gasteiger partial charge is 0.309 e. The SMILES string of the molecule is c1ccc2c(c1)c1ccccc1n2-c1ccc(-c2cnccc2-c2ccncc2-c2ccc(-n3c4ccccc4c4ccccc43)cc2)cc1.